The number of para-hydroxylation sites is 6. The molecule has 6 nitrogen and oxygen atoms in total. The van der Waals surface area contributed by atoms with Crippen LogP contribution in [0.1, 0.15) is 0 Å². The molecule has 0 radical (unpaired) electrons. The minimum atomic E-state index is 1.03. The first-order valence-corrected chi connectivity index (χ1v) is 44.6. The van der Waals surface area contributed by atoms with Crippen LogP contribution in [-0.2, 0) is 0 Å². The second kappa shape index (κ2) is 32.7. The Kier molecular flexibility index (Phi) is 19.2. The lowest BCUT2D eigenvalue weighted by Gasteiger charge is -2.28. The van der Waals surface area contributed by atoms with Crippen LogP contribution < -0.4 is 15.1 Å². The third kappa shape index (κ3) is 13.8. The van der Waals surface area contributed by atoms with E-state index >= 15 is 0 Å². The Morgan fingerprint density at radius 2 is 0.477 bits per heavy atom. The van der Waals surface area contributed by atoms with Gasteiger partial charge in [0.05, 0.1) is 38.8 Å². The molecule has 0 saturated carbocycles. The molecule has 0 bridgehead atoms. The molecule has 21 aromatic carbocycles. The standard InChI is InChI=1S/C124H84N6/c1-5-24-84(25-6-1)87-54-72-103(73-55-87)127(120-81-80-106(109-33-13-14-34-110(109)120)96-63-79-114-112-36-17-21-41-118(112)130(123(114)83-96)99-30-11-4-12-31-99)104-74-56-90(57-75-104)91-58-76-105(77-59-91)128-119-42-22-18-37-115(119)124-108(38-23-43-121(124)128)94-46-44-85(45-47-94)88-50-66-100(67-51-88)126(101-68-52-89(53-69-101)86-48-64-97(65-49-86)125-116-39-19-15-32-107(116)93-26-7-2-8-27-93)102-70-60-92(61-71-102)95-62-78-113-111-35-16-20-40-117(111)129(122(113)82-95)98-28-9-3-10-29-98/h1-83,125H. The highest BCUT2D eigenvalue weighted by molar-refractivity contribution is 6.17. The van der Waals surface area contributed by atoms with Crippen LogP contribution in [0.2, 0.25) is 0 Å². The molecule has 1 N–H and O–H groups in total. The lowest BCUT2D eigenvalue weighted by molar-refractivity contribution is 1.18. The molecular formula is C124H84N6. The van der Waals surface area contributed by atoms with Crippen LogP contribution >= 0.6 is 0 Å². The van der Waals surface area contributed by atoms with Gasteiger partial charge >= 0.3 is 0 Å². The predicted octanol–water partition coefficient (Wildman–Crippen LogP) is 34.2. The van der Waals surface area contributed by atoms with Crippen molar-refractivity contribution in [1.29, 1.82) is 0 Å². The van der Waals surface area contributed by atoms with Crippen LogP contribution in [0, 0.1) is 0 Å². The van der Waals surface area contributed by atoms with Crippen molar-refractivity contribution in [3.63, 3.8) is 0 Å². The molecule has 0 amide bonds. The Bertz CT molecular complexity index is 8330. The van der Waals surface area contributed by atoms with Gasteiger partial charge in [0, 0.05) is 100 Å². The van der Waals surface area contributed by atoms with Gasteiger partial charge in [-0.25, -0.2) is 0 Å². The molecule has 0 aliphatic carbocycles. The number of fused-ring (bicyclic) bond motifs is 10. The van der Waals surface area contributed by atoms with Gasteiger partial charge in [-0.1, -0.05) is 346 Å². The minimum absolute atomic E-state index is 1.03. The van der Waals surface area contributed by atoms with Crippen molar-refractivity contribution in [2.45, 2.75) is 0 Å². The maximum absolute atomic E-state index is 3.70. The number of rotatable bonds is 19. The second-order valence-electron chi connectivity index (χ2n) is 33.6. The monoisotopic (exact) mass is 1660 g/mol. The first kappa shape index (κ1) is 76.3. The Balaban J connectivity index is 0.520. The number of hydrogen-bond acceptors (Lipinski definition) is 3. The zero-order chi connectivity index (χ0) is 86.0. The lowest BCUT2D eigenvalue weighted by atomic mass is 9.95. The Labute approximate surface area is 754 Å². The summed E-state index contributed by atoms with van der Waals surface area (Å²) in [5.41, 5.74) is 37.5. The molecule has 0 atom stereocenters. The summed E-state index contributed by atoms with van der Waals surface area (Å²) < 4.78 is 7.23. The van der Waals surface area contributed by atoms with Crippen molar-refractivity contribution in [1.82, 2.24) is 13.7 Å². The zero-order valence-corrected chi connectivity index (χ0v) is 71.2. The van der Waals surface area contributed by atoms with Crippen LogP contribution in [0.15, 0.2) is 504 Å². The van der Waals surface area contributed by atoms with Gasteiger partial charge in [-0.05, 0) is 247 Å². The molecular weight excluding hydrogens is 1570 g/mol. The highest BCUT2D eigenvalue weighted by Gasteiger charge is 2.24. The van der Waals surface area contributed by atoms with Gasteiger partial charge < -0.3 is 28.8 Å². The molecule has 0 unspecified atom stereocenters. The molecule has 0 aliphatic heterocycles. The van der Waals surface area contributed by atoms with Gasteiger partial charge in [0.1, 0.15) is 0 Å². The molecule has 3 aromatic heterocycles. The van der Waals surface area contributed by atoms with Crippen molar-refractivity contribution in [3.05, 3.63) is 504 Å². The van der Waals surface area contributed by atoms with Gasteiger partial charge in [0.15, 0.2) is 0 Å². The summed E-state index contributed by atoms with van der Waals surface area (Å²) in [6.07, 6.45) is 0. The van der Waals surface area contributed by atoms with Gasteiger partial charge in [-0.3, -0.25) is 0 Å². The van der Waals surface area contributed by atoms with E-state index in [1.165, 1.54) is 93.2 Å². The van der Waals surface area contributed by atoms with Crippen molar-refractivity contribution in [3.8, 4) is 106 Å². The summed E-state index contributed by atoms with van der Waals surface area (Å²) >= 11 is 0. The van der Waals surface area contributed by atoms with E-state index in [1.807, 2.05) is 0 Å². The van der Waals surface area contributed by atoms with E-state index in [1.54, 1.807) is 0 Å². The number of aromatic nitrogens is 3. The lowest BCUT2D eigenvalue weighted by Crippen LogP contribution is -2.10. The molecule has 24 rings (SSSR count). The first-order chi connectivity index (χ1) is 64.5. The summed E-state index contributed by atoms with van der Waals surface area (Å²) in [6.45, 7) is 0. The van der Waals surface area contributed by atoms with Crippen LogP contribution in [0.5, 0.6) is 0 Å². The molecule has 610 valence electrons. The van der Waals surface area contributed by atoms with E-state index < -0.39 is 0 Å². The van der Waals surface area contributed by atoms with E-state index in [-0.39, 0.29) is 0 Å². The fourth-order valence-corrected chi connectivity index (χ4v) is 19.8. The fourth-order valence-electron chi connectivity index (χ4n) is 19.8. The van der Waals surface area contributed by atoms with Gasteiger partial charge in [0.2, 0.25) is 0 Å². The van der Waals surface area contributed by atoms with Crippen LogP contribution in [0.3, 0.4) is 0 Å². The number of hydrogen-bond donors (Lipinski definition) is 1. The number of nitrogens with zero attached hydrogens (tertiary/aromatic N) is 5. The molecule has 24 aromatic rings. The third-order valence-electron chi connectivity index (χ3n) is 26.1. The molecule has 6 heteroatoms. The van der Waals surface area contributed by atoms with E-state index in [4.69, 9.17) is 0 Å². The van der Waals surface area contributed by atoms with E-state index in [2.05, 4.69) is 532 Å². The average molecular weight is 1660 g/mol. The van der Waals surface area contributed by atoms with Crippen molar-refractivity contribution < 1.29 is 0 Å². The molecule has 0 fully saturated rings. The second-order valence-corrected chi connectivity index (χ2v) is 33.6. The Morgan fingerprint density at radius 3 is 0.992 bits per heavy atom. The Morgan fingerprint density at radius 1 is 0.162 bits per heavy atom. The number of anilines is 8. The fraction of sp³-hybridized carbons (Fsp3) is 0. The topological polar surface area (TPSA) is 33.3 Å². The highest BCUT2D eigenvalue weighted by Crippen LogP contribution is 2.48. The third-order valence-corrected chi connectivity index (χ3v) is 26.1. The number of nitrogens with one attached hydrogen (secondary N) is 1. The van der Waals surface area contributed by atoms with Gasteiger partial charge in [-0.2, -0.15) is 0 Å². The summed E-state index contributed by atoms with van der Waals surface area (Å²) in [6, 6.07) is 184. The normalized spacial score (nSPS) is 11.5. The van der Waals surface area contributed by atoms with Crippen molar-refractivity contribution in [2.75, 3.05) is 15.1 Å². The molecule has 3 heterocycles. The SMILES string of the molecule is c1ccc(-c2ccc(N(c3ccc(-c4ccc(-n5c6ccccc6c6c(-c7ccc(-c8ccc(N(c9ccc(-c%10ccc(Nc%11ccccc%11-c%11ccccc%11)cc%10)cc9)c9ccc(-c%10ccc%11c%12ccccc%12n(-c%12ccccc%12)c%11c%10)cc9)cc8)cc7)cccc65)cc4)cc3)c3ccc(-c4ccc5c6ccccc6n(-c6ccccc6)c5c4)c4ccccc34)cc2)cc1. The van der Waals surface area contributed by atoms with E-state index in [0.29, 0.717) is 0 Å². The van der Waals surface area contributed by atoms with Crippen LogP contribution in [0.4, 0.5) is 45.5 Å². The van der Waals surface area contributed by atoms with Crippen LogP contribution in [-0.4, -0.2) is 13.7 Å². The quantitative estimate of drug-likeness (QED) is 0.0876. The first-order valence-electron chi connectivity index (χ1n) is 44.6. The van der Waals surface area contributed by atoms with Crippen molar-refractivity contribution in [2.24, 2.45) is 0 Å². The summed E-state index contributed by atoms with van der Waals surface area (Å²) in [4.78, 5) is 4.79. The van der Waals surface area contributed by atoms with E-state index in [9.17, 15) is 0 Å². The summed E-state index contributed by atoms with van der Waals surface area (Å²) in [5, 5.41) is 13.4. The molecule has 130 heavy (non-hydrogen) atoms. The van der Waals surface area contributed by atoms with Crippen molar-refractivity contribution >= 4 is 122 Å². The molecule has 0 aliphatic rings. The smallest absolute Gasteiger partial charge is 0.0547 e. The van der Waals surface area contributed by atoms with Gasteiger partial charge in [-0.15, -0.1) is 0 Å². The Hall–Kier alpha value is -17.3. The maximum atomic E-state index is 3.70. The summed E-state index contributed by atoms with van der Waals surface area (Å²) in [5.74, 6) is 0. The largest absolute Gasteiger partial charge is 0.355 e. The molecule has 0 spiro atoms. The summed E-state index contributed by atoms with van der Waals surface area (Å²) in [7, 11) is 0. The maximum Gasteiger partial charge on any atom is 0.0547 e. The van der Waals surface area contributed by atoms with Crippen LogP contribution in [0.25, 0.3) is 182 Å². The predicted molar refractivity (Wildman–Crippen MR) is 550 cm³/mol. The number of benzene rings is 21. The highest BCUT2D eigenvalue weighted by atomic mass is 15.1. The average Bonchev–Trinajstić information content (AvgIpc) is 1.70. The molecule has 0 saturated heterocycles. The minimum Gasteiger partial charge on any atom is -0.355 e. The van der Waals surface area contributed by atoms with E-state index in [0.717, 1.165) is 135 Å². The zero-order valence-electron chi connectivity index (χ0n) is 71.2. The van der Waals surface area contributed by atoms with Gasteiger partial charge in [0.25, 0.3) is 0 Å².